The average Bonchev–Trinajstić information content (AvgIpc) is 2.83. The molecule has 0 N–H and O–H groups in total. The number of unbranched alkanes of at least 4 members (excludes halogenated alkanes) is 2. The van der Waals surface area contributed by atoms with Gasteiger partial charge in [0.25, 0.3) is 0 Å². The van der Waals surface area contributed by atoms with Gasteiger partial charge in [-0.1, -0.05) is 44.9 Å². The number of ether oxygens (including phenoxy) is 1. The zero-order valence-corrected chi connectivity index (χ0v) is 11.7. The van der Waals surface area contributed by atoms with Gasteiger partial charge in [0.2, 0.25) is 0 Å². The third kappa shape index (κ3) is 3.05. The standard InChI is InChI=1S/C16H25NO/c1-3-5-11-17(12-6-4-2)15-13-18-16-10-8-7-9-14(15)16/h7-10,15H,3-6,11-13H2,1-2H3. The van der Waals surface area contributed by atoms with Crippen molar-refractivity contribution in [3.8, 4) is 5.75 Å². The summed E-state index contributed by atoms with van der Waals surface area (Å²) in [6, 6.07) is 8.96. The second-order valence-electron chi connectivity index (χ2n) is 5.11. The lowest BCUT2D eigenvalue weighted by Gasteiger charge is -2.27. The molecule has 0 radical (unpaired) electrons. The Kier molecular flexibility index (Phi) is 5.06. The van der Waals surface area contributed by atoms with Gasteiger partial charge in [-0.25, -0.2) is 0 Å². The van der Waals surface area contributed by atoms with Gasteiger partial charge in [-0.15, -0.1) is 0 Å². The van der Waals surface area contributed by atoms with Crippen LogP contribution in [0.25, 0.3) is 0 Å². The molecule has 0 aromatic heterocycles. The van der Waals surface area contributed by atoms with Crippen LogP contribution in [0.5, 0.6) is 5.75 Å². The van der Waals surface area contributed by atoms with Gasteiger partial charge in [0.1, 0.15) is 12.4 Å². The Hall–Kier alpha value is -1.02. The highest BCUT2D eigenvalue weighted by Gasteiger charge is 2.28. The van der Waals surface area contributed by atoms with E-state index >= 15 is 0 Å². The number of fused-ring (bicyclic) bond motifs is 1. The van der Waals surface area contributed by atoms with Crippen LogP contribution in [0.2, 0.25) is 0 Å². The first-order chi connectivity index (χ1) is 8.86. The summed E-state index contributed by atoms with van der Waals surface area (Å²) in [5.74, 6) is 1.08. The van der Waals surface area contributed by atoms with Crippen LogP contribution in [0.1, 0.15) is 51.1 Å². The second kappa shape index (κ2) is 6.79. The van der Waals surface area contributed by atoms with Crippen LogP contribution in [-0.2, 0) is 0 Å². The molecular weight excluding hydrogens is 222 g/mol. The first kappa shape index (κ1) is 13.4. The lowest BCUT2D eigenvalue weighted by Crippen LogP contribution is -2.31. The summed E-state index contributed by atoms with van der Waals surface area (Å²) in [5, 5.41) is 0. The van der Waals surface area contributed by atoms with Gasteiger partial charge in [0.05, 0.1) is 6.04 Å². The Morgan fingerprint density at radius 2 is 1.78 bits per heavy atom. The highest BCUT2D eigenvalue weighted by Crippen LogP contribution is 2.35. The molecule has 18 heavy (non-hydrogen) atoms. The quantitative estimate of drug-likeness (QED) is 0.721. The molecule has 1 atom stereocenters. The van der Waals surface area contributed by atoms with Crippen LogP contribution in [-0.4, -0.2) is 24.6 Å². The number of para-hydroxylation sites is 1. The lowest BCUT2D eigenvalue weighted by molar-refractivity contribution is 0.158. The third-order valence-corrected chi connectivity index (χ3v) is 3.71. The number of nitrogens with zero attached hydrogens (tertiary/aromatic N) is 1. The van der Waals surface area contributed by atoms with Crippen LogP contribution >= 0.6 is 0 Å². The Labute approximate surface area is 111 Å². The fourth-order valence-corrected chi connectivity index (χ4v) is 2.59. The molecule has 1 aliphatic rings. The molecule has 2 rings (SSSR count). The summed E-state index contributed by atoms with van der Waals surface area (Å²) in [4.78, 5) is 2.61. The van der Waals surface area contributed by atoms with E-state index in [0.717, 1.165) is 12.4 Å². The summed E-state index contributed by atoms with van der Waals surface area (Å²) in [5.41, 5.74) is 1.38. The van der Waals surface area contributed by atoms with Crippen molar-refractivity contribution in [3.05, 3.63) is 29.8 Å². The van der Waals surface area contributed by atoms with E-state index in [-0.39, 0.29) is 0 Å². The molecule has 0 spiro atoms. The minimum atomic E-state index is 0.472. The Balaban J connectivity index is 2.06. The number of rotatable bonds is 7. The molecule has 0 aliphatic carbocycles. The van der Waals surface area contributed by atoms with Crippen molar-refractivity contribution in [2.24, 2.45) is 0 Å². The summed E-state index contributed by atoms with van der Waals surface area (Å²) < 4.78 is 5.81. The van der Waals surface area contributed by atoms with Gasteiger partial charge < -0.3 is 4.74 Å². The Bertz CT molecular complexity index is 356. The Morgan fingerprint density at radius 1 is 1.11 bits per heavy atom. The first-order valence-corrected chi connectivity index (χ1v) is 7.32. The van der Waals surface area contributed by atoms with Crippen molar-refractivity contribution in [1.29, 1.82) is 0 Å². The minimum absolute atomic E-state index is 0.472. The monoisotopic (exact) mass is 247 g/mol. The maximum Gasteiger partial charge on any atom is 0.124 e. The maximum absolute atomic E-state index is 5.81. The molecule has 2 heteroatoms. The van der Waals surface area contributed by atoms with Crippen LogP contribution in [0, 0.1) is 0 Å². The predicted molar refractivity (Wildman–Crippen MR) is 76.1 cm³/mol. The van der Waals surface area contributed by atoms with Gasteiger partial charge in [-0.05, 0) is 32.0 Å². The van der Waals surface area contributed by atoms with Crippen molar-refractivity contribution in [2.45, 2.75) is 45.6 Å². The molecule has 0 amide bonds. The first-order valence-electron chi connectivity index (χ1n) is 7.32. The third-order valence-electron chi connectivity index (χ3n) is 3.71. The molecule has 1 aliphatic heterocycles. The molecule has 1 heterocycles. The molecule has 0 saturated carbocycles. The van der Waals surface area contributed by atoms with Gasteiger partial charge in [0.15, 0.2) is 0 Å². The zero-order chi connectivity index (χ0) is 12.8. The van der Waals surface area contributed by atoms with Gasteiger partial charge in [-0.2, -0.15) is 0 Å². The van der Waals surface area contributed by atoms with Gasteiger partial charge in [-0.3, -0.25) is 4.90 Å². The normalized spacial score (nSPS) is 17.8. The second-order valence-corrected chi connectivity index (χ2v) is 5.11. The van der Waals surface area contributed by atoms with E-state index in [1.807, 2.05) is 0 Å². The predicted octanol–water partition coefficient (Wildman–Crippen LogP) is 4.02. The summed E-state index contributed by atoms with van der Waals surface area (Å²) in [7, 11) is 0. The maximum atomic E-state index is 5.81. The SMILES string of the molecule is CCCCN(CCCC)C1COc2ccccc21. The van der Waals surface area contributed by atoms with E-state index in [0.29, 0.717) is 6.04 Å². The molecule has 1 unspecified atom stereocenters. The van der Waals surface area contributed by atoms with Gasteiger partial charge in [0, 0.05) is 5.56 Å². The van der Waals surface area contributed by atoms with E-state index in [9.17, 15) is 0 Å². The topological polar surface area (TPSA) is 12.5 Å². The van der Waals surface area contributed by atoms with Crippen molar-refractivity contribution in [3.63, 3.8) is 0 Å². The number of hydrogen-bond donors (Lipinski definition) is 0. The number of hydrogen-bond acceptors (Lipinski definition) is 2. The molecule has 2 nitrogen and oxygen atoms in total. The van der Waals surface area contributed by atoms with E-state index in [1.54, 1.807) is 0 Å². The molecule has 0 bridgehead atoms. The average molecular weight is 247 g/mol. The van der Waals surface area contributed by atoms with E-state index < -0.39 is 0 Å². The highest BCUT2D eigenvalue weighted by atomic mass is 16.5. The Morgan fingerprint density at radius 3 is 2.44 bits per heavy atom. The molecule has 0 saturated heterocycles. The van der Waals surface area contributed by atoms with Crippen molar-refractivity contribution < 1.29 is 4.74 Å². The smallest absolute Gasteiger partial charge is 0.124 e. The minimum Gasteiger partial charge on any atom is -0.491 e. The van der Waals surface area contributed by atoms with E-state index in [4.69, 9.17) is 4.74 Å². The fourth-order valence-electron chi connectivity index (χ4n) is 2.59. The van der Waals surface area contributed by atoms with Crippen molar-refractivity contribution in [1.82, 2.24) is 4.90 Å². The van der Waals surface area contributed by atoms with E-state index in [2.05, 4.69) is 43.0 Å². The fraction of sp³-hybridized carbons (Fsp3) is 0.625. The summed E-state index contributed by atoms with van der Waals surface area (Å²) in [6.07, 6.45) is 5.08. The molecule has 0 fully saturated rings. The summed E-state index contributed by atoms with van der Waals surface area (Å²) >= 11 is 0. The van der Waals surface area contributed by atoms with Gasteiger partial charge >= 0.3 is 0 Å². The van der Waals surface area contributed by atoms with E-state index in [1.165, 1.54) is 44.3 Å². The summed E-state index contributed by atoms with van der Waals surface area (Å²) in [6.45, 7) is 7.73. The zero-order valence-electron chi connectivity index (χ0n) is 11.7. The lowest BCUT2D eigenvalue weighted by atomic mass is 10.1. The van der Waals surface area contributed by atoms with Crippen molar-refractivity contribution >= 4 is 0 Å². The molecule has 1 aromatic rings. The molecular formula is C16H25NO. The van der Waals surface area contributed by atoms with Crippen molar-refractivity contribution in [2.75, 3.05) is 19.7 Å². The number of benzene rings is 1. The van der Waals surface area contributed by atoms with Crippen LogP contribution < -0.4 is 4.74 Å². The van der Waals surface area contributed by atoms with Crippen LogP contribution in [0.3, 0.4) is 0 Å². The van der Waals surface area contributed by atoms with Crippen LogP contribution in [0.15, 0.2) is 24.3 Å². The largest absolute Gasteiger partial charge is 0.491 e. The van der Waals surface area contributed by atoms with Crippen LogP contribution in [0.4, 0.5) is 0 Å². The highest BCUT2D eigenvalue weighted by molar-refractivity contribution is 5.39. The molecule has 1 aromatic carbocycles. The molecule has 100 valence electrons.